The average molecular weight is 395 g/mol. The lowest BCUT2D eigenvalue weighted by Crippen LogP contribution is -2.29. The van der Waals surface area contributed by atoms with Crippen molar-refractivity contribution in [1.29, 1.82) is 0 Å². The predicted molar refractivity (Wildman–Crippen MR) is 95.9 cm³/mol. The van der Waals surface area contributed by atoms with Crippen molar-refractivity contribution >= 4 is 49.9 Å². The molecule has 0 saturated heterocycles. The van der Waals surface area contributed by atoms with Crippen LogP contribution < -0.4 is 11.0 Å². The number of aromatic nitrogens is 2. The molecule has 23 heavy (non-hydrogen) atoms. The van der Waals surface area contributed by atoms with Crippen LogP contribution in [0.25, 0.3) is 11.0 Å². The van der Waals surface area contributed by atoms with Crippen LogP contribution in [0.5, 0.6) is 0 Å². The van der Waals surface area contributed by atoms with Crippen molar-refractivity contribution in [2.24, 2.45) is 0 Å². The van der Waals surface area contributed by atoms with E-state index in [0.29, 0.717) is 21.2 Å². The molecule has 0 aliphatic rings. The van der Waals surface area contributed by atoms with Gasteiger partial charge in [0.1, 0.15) is 0 Å². The lowest BCUT2D eigenvalue weighted by molar-refractivity contribution is -0.117. The molecule has 0 aliphatic heterocycles. The van der Waals surface area contributed by atoms with E-state index in [9.17, 15) is 9.59 Å². The predicted octanol–water partition coefficient (Wildman–Crippen LogP) is 2.75. The van der Waals surface area contributed by atoms with Crippen LogP contribution in [0, 0.1) is 0 Å². The zero-order chi connectivity index (χ0) is 16.4. The van der Waals surface area contributed by atoms with Crippen molar-refractivity contribution in [1.82, 2.24) is 14.9 Å². The number of anilines is 1. The maximum absolute atomic E-state index is 12.2. The number of amides is 1. The summed E-state index contributed by atoms with van der Waals surface area (Å²) in [6.45, 7) is 1.01. The first-order valence-electron chi connectivity index (χ1n) is 6.92. The van der Waals surface area contributed by atoms with E-state index < -0.39 is 0 Å². The number of nitrogens with zero attached hydrogens (tertiary/aromatic N) is 1. The number of nitrogens with one attached hydrogen (secondary N) is 3. The van der Waals surface area contributed by atoms with E-state index in [4.69, 9.17) is 0 Å². The number of carbonyl (C=O) groups excluding carboxylic acids is 1. The Kier molecular flexibility index (Phi) is 4.65. The molecule has 1 aromatic carbocycles. The molecular weight excluding hydrogens is 380 g/mol. The van der Waals surface area contributed by atoms with Gasteiger partial charge in [-0.1, -0.05) is 0 Å². The highest BCUT2D eigenvalue weighted by Gasteiger charge is 2.11. The van der Waals surface area contributed by atoms with Crippen LogP contribution in [-0.4, -0.2) is 34.4 Å². The number of rotatable bonds is 5. The van der Waals surface area contributed by atoms with Gasteiger partial charge in [-0.05, 0) is 57.5 Å². The van der Waals surface area contributed by atoms with Crippen LogP contribution in [0.3, 0.4) is 0 Å². The number of fused-ring (bicyclic) bond motifs is 1. The molecule has 3 aromatic rings. The number of aromatic amines is 2. The summed E-state index contributed by atoms with van der Waals surface area (Å²) in [7, 11) is 1.90. The van der Waals surface area contributed by atoms with Gasteiger partial charge in [-0.15, -0.1) is 0 Å². The molecule has 0 aliphatic carbocycles. The van der Waals surface area contributed by atoms with Crippen molar-refractivity contribution in [2.45, 2.75) is 6.54 Å². The fourth-order valence-electron chi connectivity index (χ4n) is 2.34. The normalized spacial score (nSPS) is 11.3. The first kappa shape index (κ1) is 16.0. The quantitative estimate of drug-likeness (QED) is 0.622. The highest BCUT2D eigenvalue weighted by molar-refractivity contribution is 9.10. The Hall–Kier alpha value is -1.90. The van der Waals surface area contributed by atoms with Gasteiger partial charge in [0, 0.05) is 11.0 Å². The molecule has 2 heterocycles. The van der Waals surface area contributed by atoms with Crippen molar-refractivity contribution < 1.29 is 4.79 Å². The molecule has 0 saturated carbocycles. The average Bonchev–Trinajstić information content (AvgIpc) is 3.07. The number of H-pyrrole nitrogens is 2. The minimum absolute atomic E-state index is 0.110. The fourth-order valence-corrected chi connectivity index (χ4v) is 3.44. The molecule has 120 valence electrons. The van der Waals surface area contributed by atoms with Gasteiger partial charge in [0.15, 0.2) is 0 Å². The van der Waals surface area contributed by atoms with E-state index in [-0.39, 0.29) is 18.1 Å². The van der Waals surface area contributed by atoms with E-state index in [1.54, 1.807) is 23.5 Å². The minimum atomic E-state index is -0.272. The summed E-state index contributed by atoms with van der Waals surface area (Å²) in [4.78, 5) is 30.8. The molecular formula is C15H15BrN4O2S. The standard InChI is InChI=1S/C15H15BrN4O2S/c1-20(6-9-2-3-23-8-9)7-14(21)17-11-5-13-12(4-10(11)16)18-15(22)19-13/h2-5,8H,6-7H2,1H3,(H,17,21)(H2,18,19,22). The summed E-state index contributed by atoms with van der Waals surface area (Å²) in [6.07, 6.45) is 0. The number of thiophene rings is 1. The molecule has 0 fully saturated rings. The lowest BCUT2D eigenvalue weighted by atomic mass is 10.2. The fraction of sp³-hybridized carbons (Fsp3) is 0.200. The van der Waals surface area contributed by atoms with Gasteiger partial charge in [0.2, 0.25) is 5.91 Å². The number of likely N-dealkylation sites (N-methyl/N-ethyl adjacent to an activating group) is 1. The second-order valence-corrected chi connectivity index (χ2v) is 6.94. The number of hydrogen-bond acceptors (Lipinski definition) is 4. The zero-order valence-corrected chi connectivity index (χ0v) is 14.8. The second-order valence-electron chi connectivity index (χ2n) is 5.31. The van der Waals surface area contributed by atoms with Crippen molar-refractivity contribution in [3.63, 3.8) is 0 Å². The van der Waals surface area contributed by atoms with Crippen LogP contribution in [0.4, 0.5) is 5.69 Å². The highest BCUT2D eigenvalue weighted by Crippen LogP contribution is 2.26. The molecule has 0 radical (unpaired) electrons. The second kappa shape index (κ2) is 6.69. The van der Waals surface area contributed by atoms with Crippen molar-refractivity contribution in [2.75, 3.05) is 18.9 Å². The Morgan fingerprint density at radius 3 is 2.78 bits per heavy atom. The third kappa shape index (κ3) is 3.90. The number of imidazole rings is 1. The molecule has 0 bridgehead atoms. The molecule has 6 nitrogen and oxygen atoms in total. The summed E-state index contributed by atoms with van der Waals surface area (Å²) in [5.74, 6) is -0.110. The SMILES string of the molecule is CN(CC(=O)Nc1cc2[nH]c(=O)[nH]c2cc1Br)Cc1ccsc1. The monoisotopic (exact) mass is 394 g/mol. The van der Waals surface area contributed by atoms with Crippen molar-refractivity contribution in [3.8, 4) is 0 Å². The third-order valence-electron chi connectivity index (χ3n) is 3.32. The Morgan fingerprint density at radius 2 is 2.09 bits per heavy atom. The first-order valence-corrected chi connectivity index (χ1v) is 8.66. The van der Waals surface area contributed by atoms with Gasteiger partial charge in [-0.2, -0.15) is 11.3 Å². The van der Waals surface area contributed by atoms with Gasteiger partial charge in [0.25, 0.3) is 0 Å². The van der Waals surface area contributed by atoms with Crippen LogP contribution >= 0.6 is 27.3 Å². The van der Waals surface area contributed by atoms with Crippen LogP contribution in [-0.2, 0) is 11.3 Å². The first-order chi connectivity index (χ1) is 11.0. The molecule has 1 amide bonds. The number of halogens is 1. The molecule has 2 aromatic heterocycles. The molecule has 0 spiro atoms. The van der Waals surface area contributed by atoms with Gasteiger partial charge < -0.3 is 15.3 Å². The topological polar surface area (TPSA) is 81.0 Å². The largest absolute Gasteiger partial charge is 0.324 e. The summed E-state index contributed by atoms with van der Waals surface area (Å²) in [6, 6.07) is 5.54. The Morgan fingerprint density at radius 1 is 1.35 bits per heavy atom. The van der Waals surface area contributed by atoms with Gasteiger partial charge in [0.05, 0.1) is 23.3 Å². The van der Waals surface area contributed by atoms with E-state index in [1.807, 2.05) is 23.4 Å². The zero-order valence-electron chi connectivity index (χ0n) is 12.4. The van der Waals surface area contributed by atoms with Crippen LogP contribution in [0.1, 0.15) is 5.56 Å². The Balaban J connectivity index is 1.67. The summed E-state index contributed by atoms with van der Waals surface area (Å²) in [5, 5.41) is 6.95. The van der Waals surface area contributed by atoms with Gasteiger partial charge in [-0.25, -0.2) is 4.79 Å². The molecule has 3 rings (SSSR count). The summed E-state index contributed by atoms with van der Waals surface area (Å²) in [5.41, 5.74) is 2.89. The number of hydrogen-bond donors (Lipinski definition) is 3. The minimum Gasteiger partial charge on any atom is -0.324 e. The molecule has 0 atom stereocenters. The molecule has 8 heteroatoms. The van der Waals surface area contributed by atoms with E-state index in [0.717, 1.165) is 6.54 Å². The maximum Gasteiger partial charge on any atom is 0.323 e. The van der Waals surface area contributed by atoms with E-state index in [2.05, 4.69) is 36.6 Å². The van der Waals surface area contributed by atoms with Crippen LogP contribution in [0.2, 0.25) is 0 Å². The highest BCUT2D eigenvalue weighted by atomic mass is 79.9. The lowest BCUT2D eigenvalue weighted by Gasteiger charge is -2.16. The molecule has 0 unspecified atom stereocenters. The molecule has 3 N–H and O–H groups in total. The Bertz CT molecular complexity index is 885. The van der Waals surface area contributed by atoms with Gasteiger partial charge in [-0.3, -0.25) is 9.69 Å². The number of benzene rings is 1. The van der Waals surface area contributed by atoms with Crippen molar-refractivity contribution in [3.05, 3.63) is 49.5 Å². The Labute approximate surface area is 144 Å². The summed E-state index contributed by atoms with van der Waals surface area (Å²) < 4.78 is 0.717. The smallest absolute Gasteiger partial charge is 0.323 e. The summed E-state index contributed by atoms with van der Waals surface area (Å²) >= 11 is 5.05. The van der Waals surface area contributed by atoms with Gasteiger partial charge >= 0.3 is 5.69 Å². The van der Waals surface area contributed by atoms with E-state index >= 15 is 0 Å². The maximum atomic E-state index is 12.2. The number of carbonyl (C=O) groups is 1. The third-order valence-corrected chi connectivity index (χ3v) is 4.71. The van der Waals surface area contributed by atoms with E-state index in [1.165, 1.54) is 5.56 Å². The van der Waals surface area contributed by atoms with Crippen LogP contribution in [0.15, 0.2) is 38.2 Å².